The smallest absolute Gasteiger partial charge is 0.255 e. The molecule has 8 nitrogen and oxygen atoms in total. The van der Waals surface area contributed by atoms with Gasteiger partial charge in [-0.05, 0) is 55.3 Å². The topological polar surface area (TPSA) is 96.0 Å². The van der Waals surface area contributed by atoms with Crippen LogP contribution in [0.1, 0.15) is 32.7 Å². The van der Waals surface area contributed by atoms with Crippen LogP contribution in [-0.4, -0.2) is 63.7 Å². The Kier molecular flexibility index (Phi) is 5.97. The molecule has 2 amide bonds. The number of morpholine rings is 1. The number of ether oxygens (including phenoxy) is 1. The van der Waals surface area contributed by atoms with Gasteiger partial charge < -0.3 is 15.0 Å². The number of carbonyl (C=O) groups is 2. The summed E-state index contributed by atoms with van der Waals surface area (Å²) in [5.41, 5.74) is 2.78. The summed E-state index contributed by atoms with van der Waals surface area (Å²) < 4.78 is 30.8. The third-order valence-corrected chi connectivity index (χ3v) is 7.50. The van der Waals surface area contributed by atoms with Crippen molar-refractivity contribution in [3.8, 4) is 0 Å². The van der Waals surface area contributed by atoms with Crippen molar-refractivity contribution in [2.45, 2.75) is 13.3 Å². The van der Waals surface area contributed by atoms with Crippen molar-refractivity contribution < 1.29 is 22.7 Å². The van der Waals surface area contributed by atoms with Crippen molar-refractivity contribution in [2.75, 3.05) is 48.2 Å². The molecule has 2 aliphatic rings. The Morgan fingerprint density at radius 3 is 2.35 bits per heavy atom. The number of hydrogen-bond acceptors (Lipinski definition) is 5. The molecule has 0 aliphatic carbocycles. The van der Waals surface area contributed by atoms with E-state index in [-0.39, 0.29) is 17.6 Å². The van der Waals surface area contributed by atoms with Crippen LogP contribution >= 0.6 is 0 Å². The highest BCUT2D eigenvalue weighted by atomic mass is 32.2. The lowest BCUT2D eigenvalue weighted by Gasteiger charge is -2.27. The molecule has 2 aromatic rings. The number of sulfonamides is 1. The zero-order valence-electron chi connectivity index (χ0n) is 17.3. The molecule has 0 saturated carbocycles. The molecule has 0 atom stereocenters. The Morgan fingerprint density at radius 2 is 1.71 bits per heavy atom. The molecule has 164 valence electrons. The van der Waals surface area contributed by atoms with E-state index >= 15 is 0 Å². The minimum Gasteiger partial charge on any atom is -0.378 e. The lowest BCUT2D eigenvalue weighted by atomic mass is 10.0. The Labute approximate surface area is 181 Å². The predicted molar refractivity (Wildman–Crippen MR) is 118 cm³/mol. The van der Waals surface area contributed by atoms with Gasteiger partial charge in [-0.15, -0.1) is 0 Å². The molecular formula is C22H25N3O5S. The van der Waals surface area contributed by atoms with E-state index in [0.717, 1.165) is 0 Å². The van der Waals surface area contributed by atoms with E-state index in [1.54, 1.807) is 47.4 Å². The molecule has 2 aliphatic heterocycles. The maximum Gasteiger partial charge on any atom is 0.255 e. The normalized spacial score (nSPS) is 18.1. The predicted octanol–water partition coefficient (Wildman–Crippen LogP) is 2.26. The van der Waals surface area contributed by atoms with Crippen LogP contribution in [0, 0.1) is 6.92 Å². The molecule has 2 saturated heterocycles. The van der Waals surface area contributed by atoms with Crippen LogP contribution in [0.15, 0.2) is 42.5 Å². The molecule has 0 bridgehead atoms. The Balaban J connectivity index is 1.49. The first kappa shape index (κ1) is 21.3. The molecule has 0 radical (unpaired) electrons. The fraction of sp³-hybridized carbons (Fsp3) is 0.364. The van der Waals surface area contributed by atoms with E-state index in [1.807, 2.05) is 6.92 Å². The first-order valence-electron chi connectivity index (χ1n) is 10.3. The third-order valence-electron chi connectivity index (χ3n) is 5.63. The van der Waals surface area contributed by atoms with E-state index < -0.39 is 10.0 Å². The van der Waals surface area contributed by atoms with Crippen LogP contribution in [0.2, 0.25) is 0 Å². The number of hydrogen-bond donors (Lipinski definition) is 1. The molecule has 31 heavy (non-hydrogen) atoms. The van der Waals surface area contributed by atoms with Crippen molar-refractivity contribution >= 4 is 33.2 Å². The van der Waals surface area contributed by atoms with Crippen LogP contribution in [0.4, 0.5) is 11.4 Å². The second kappa shape index (κ2) is 8.68. The molecular weight excluding hydrogens is 418 g/mol. The quantitative estimate of drug-likeness (QED) is 0.782. The highest BCUT2D eigenvalue weighted by Gasteiger charge is 2.28. The zero-order chi connectivity index (χ0) is 22.0. The van der Waals surface area contributed by atoms with E-state index in [4.69, 9.17) is 4.74 Å². The SMILES string of the molecule is Cc1c(NC(=O)c2ccc(N3CCCS3(=O)=O)cc2)cccc1C(=O)N1CCOCC1. The summed E-state index contributed by atoms with van der Waals surface area (Å²) >= 11 is 0. The second-order valence-electron chi connectivity index (χ2n) is 7.63. The lowest BCUT2D eigenvalue weighted by molar-refractivity contribution is 0.0302. The third kappa shape index (κ3) is 4.42. The first-order valence-corrected chi connectivity index (χ1v) is 11.9. The molecule has 1 N–H and O–H groups in total. The summed E-state index contributed by atoms with van der Waals surface area (Å²) in [6.07, 6.45) is 0.601. The van der Waals surface area contributed by atoms with Crippen LogP contribution in [0.5, 0.6) is 0 Å². The molecule has 2 heterocycles. The number of carbonyl (C=O) groups excluding carboxylic acids is 2. The minimum atomic E-state index is -3.26. The monoisotopic (exact) mass is 443 g/mol. The minimum absolute atomic E-state index is 0.0759. The van der Waals surface area contributed by atoms with Gasteiger partial charge in [-0.1, -0.05) is 6.07 Å². The van der Waals surface area contributed by atoms with Crippen LogP contribution < -0.4 is 9.62 Å². The van der Waals surface area contributed by atoms with Crippen LogP contribution in [-0.2, 0) is 14.8 Å². The number of amides is 2. The Bertz CT molecular complexity index is 1090. The molecule has 4 rings (SSSR count). The van der Waals surface area contributed by atoms with Crippen molar-refractivity contribution in [3.05, 3.63) is 59.2 Å². The summed E-state index contributed by atoms with van der Waals surface area (Å²) in [7, 11) is -3.26. The molecule has 0 aromatic heterocycles. The van der Waals surface area contributed by atoms with Gasteiger partial charge in [0.2, 0.25) is 10.0 Å². The number of nitrogens with one attached hydrogen (secondary N) is 1. The standard InChI is InChI=1S/C22H25N3O5S/c1-16-19(22(27)24-11-13-30-14-12-24)4-2-5-20(16)23-21(26)17-6-8-18(9-7-17)25-10-3-15-31(25,28)29/h2,4-9H,3,10-15H2,1H3,(H,23,26). The largest absolute Gasteiger partial charge is 0.378 e. The lowest BCUT2D eigenvalue weighted by Crippen LogP contribution is -2.41. The van der Waals surface area contributed by atoms with Crippen molar-refractivity contribution in [1.29, 1.82) is 0 Å². The molecule has 2 aromatic carbocycles. The number of benzene rings is 2. The maximum atomic E-state index is 12.8. The summed E-state index contributed by atoms with van der Waals surface area (Å²) in [5, 5.41) is 2.86. The fourth-order valence-electron chi connectivity index (χ4n) is 3.84. The zero-order valence-corrected chi connectivity index (χ0v) is 18.2. The van der Waals surface area contributed by atoms with Gasteiger partial charge in [-0.3, -0.25) is 13.9 Å². The highest BCUT2D eigenvalue weighted by Crippen LogP contribution is 2.25. The van der Waals surface area contributed by atoms with E-state index in [1.165, 1.54) is 4.31 Å². The van der Waals surface area contributed by atoms with Gasteiger partial charge >= 0.3 is 0 Å². The van der Waals surface area contributed by atoms with Gasteiger partial charge in [-0.25, -0.2) is 8.42 Å². The maximum absolute atomic E-state index is 12.8. The van der Waals surface area contributed by atoms with Gasteiger partial charge in [0, 0.05) is 36.4 Å². The number of nitrogens with zero attached hydrogens (tertiary/aromatic N) is 2. The summed E-state index contributed by atoms with van der Waals surface area (Å²) in [6, 6.07) is 11.8. The van der Waals surface area contributed by atoms with E-state index in [0.29, 0.717) is 67.3 Å². The first-order chi connectivity index (χ1) is 14.9. The van der Waals surface area contributed by atoms with Crippen LogP contribution in [0.25, 0.3) is 0 Å². The second-order valence-corrected chi connectivity index (χ2v) is 9.64. The van der Waals surface area contributed by atoms with Crippen molar-refractivity contribution in [3.63, 3.8) is 0 Å². The summed E-state index contributed by atoms with van der Waals surface area (Å²) in [4.78, 5) is 27.4. The number of anilines is 2. The van der Waals surface area contributed by atoms with Gasteiger partial charge in [0.15, 0.2) is 0 Å². The molecule has 2 fully saturated rings. The molecule has 0 unspecified atom stereocenters. The summed E-state index contributed by atoms with van der Waals surface area (Å²) in [5.74, 6) is -0.253. The van der Waals surface area contributed by atoms with Crippen molar-refractivity contribution in [2.24, 2.45) is 0 Å². The molecule has 0 spiro atoms. The average molecular weight is 444 g/mol. The van der Waals surface area contributed by atoms with Gasteiger partial charge in [0.1, 0.15) is 0 Å². The fourth-order valence-corrected chi connectivity index (χ4v) is 5.41. The van der Waals surface area contributed by atoms with E-state index in [9.17, 15) is 18.0 Å². The van der Waals surface area contributed by atoms with E-state index in [2.05, 4.69) is 5.32 Å². The average Bonchev–Trinajstić information content (AvgIpc) is 3.14. The van der Waals surface area contributed by atoms with Gasteiger partial charge in [0.05, 0.1) is 24.7 Å². The Hall–Kier alpha value is -2.91. The highest BCUT2D eigenvalue weighted by molar-refractivity contribution is 7.93. The van der Waals surface area contributed by atoms with Crippen molar-refractivity contribution in [1.82, 2.24) is 4.90 Å². The molecule has 9 heteroatoms. The van der Waals surface area contributed by atoms with Gasteiger partial charge in [-0.2, -0.15) is 0 Å². The van der Waals surface area contributed by atoms with Crippen LogP contribution in [0.3, 0.4) is 0 Å². The summed E-state index contributed by atoms with van der Waals surface area (Å²) in [6.45, 7) is 4.41. The number of rotatable bonds is 4. The Morgan fingerprint density at radius 1 is 1.00 bits per heavy atom. The van der Waals surface area contributed by atoms with Gasteiger partial charge in [0.25, 0.3) is 11.8 Å².